The normalized spacial score (nSPS) is 14.3. The molecule has 5 heteroatoms. The predicted molar refractivity (Wildman–Crippen MR) is 81.9 cm³/mol. The molecule has 2 aromatic rings. The Hall–Kier alpha value is -1.88. The van der Waals surface area contributed by atoms with Gasteiger partial charge in [-0.25, -0.2) is 9.97 Å². The number of furan rings is 1. The summed E-state index contributed by atoms with van der Waals surface area (Å²) in [5, 5.41) is 3.36. The van der Waals surface area contributed by atoms with Crippen LogP contribution in [0.5, 0.6) is 0 Å². The van der Waals surface area contributed by atoms with Crippen molar-refractivity contribution in [3.63, 3.8) is 0 Å². The predicted octanol–water partition coefficient (Wildman–Crippen LogP) is 2.74. The standard InChI is InChI=1S/C16H22N4O/c1-2-7-17-9-13-10-18-16(19-11-13)20(14-5-6-14)12-15-4-3-8-21-15/h3-4,8,10-11,14,17H,2,5-7,9,12H2,1H3. The minimum atomic E-state index is 0.555. The molecule has 5 nitrogen and oxygen atoms in total. The Labute approximate surface area is 125 Å². The molecule has 0 atom stereocenters. The van der Waals surface area contributed by atoms with E-state index in [4.69, 9.17) is 4.42 Å². The van der Waals surface area contributed by atoms with Gasteiger partial charge < -0.3 is 14.6 Å². The molecule has 112 valence electrons. The quantitative estimate of drug-likeness (QED) is 0.756. The molecule has 1 N–H and O–H groups in total. The SMILES string of the molecule is CCCNCc1cnc(N(Cc2ccco2)C2CC2)nc1. The zero-order valence-electron chi connectivity index (χ0n) is 12.5. The first kappa shape index (κ1) is 14.1. The van der Waals surface area contributed by atoms with E-state index in [1.54, 1.807) is 6.26 Å². The summed E-state index contributed by atoms with van der Waals surface area (Å²) < 4.78 is 5.45. The third kappa shape index (κ3) is 3.82. The molecule has 0 amide bonds. The van der Waals surface area contributed by atoms with Gasteiger partial charge in [0.2, 0.25) is 5.95 Å². The molecule has 0 aromatic carbocycles. The monoisotopic (exact) mass is 286 g/mol. The van der Waals surface area contributed by atoms with Gasteiger partial charge in [-0.05, 0) is 37.9 Å². The Kier molecular flexibility index (Phi) is 4.50. The second-order valence-corrected chi connectivity index (χ2v) is 5.51. The lowest BCUT2D eigenvalue weighted by atomic mass is 10.3. The van der Waals surface area contributed by atoms with Gasteiger partial charge in [-0.1, -0.05) is 6.92 Å². The molecular weight excluding hydrogens is 264 g/mol. The highest BCUT2D eigenvalue weighted by Gasteiger charge is 2.31. The first-order valence-electron chi connectivity index (χ1n) is 7.67. The van der Waals surface area contributed by atoms with Crippen molar-refractivity contribution in [3.05, 3.63) is 42.1 Å². The molecular formula is C16H22N4O. The molecule has 0 aliphatic heterocycles. The van der Waals surface area contributed by atoms with E-state index in [1.165, 1.54) is 12.8 Å². The van der Waals surface area contributed by atoms with Gasteiger partial charge in [-0.15, -0.1) is 0 Å². The minimum Gasteiger partial charge on any atom is -0.467 e. The molecule has 21 heavy (non-hydrogen) atoms. The van der Waals surface area contributed by atoms with Crippen LogP contribution in [0, 0.1) is 0 Å². The number of hydrogen-bond donors (Lipinski definition) is 1. The second kappa shape index (κ2) is 6.72. The van der Waals surface area contributed by atoms with Crippen LogP contribution in [0.4, 0.5) is 5.95 Å². The molecule has 0 spiro atoms. The first-order chi connectivity index (χ1) is 10.4. The molecule has 1 saturated carbocycles. The van der Waals surface area contributed by atoms with Gasteiger partial charge in [0.1, 0.15) is 5.76 Å². The van der Waals surface area contributed by atoms with Crippen molar-refractivity contribution in [2.75, 3.05) is 11.4 Å². The molecule has 2 aromatic heterocycles. The van der Waals surface area contributed by atoms with Crippen LogP contribution in [0.25, 0.3) is 0 Å². The molecule has 2 heterocycles. The third-order valence-electron chi connectivity index (χ3n) is 3.60. The van der Waals surface area contributed by atoms with Gasteiger partial charge in [0.05, 0.1) is 12.8 Å². The van der Waals surface area contributed by atoms with Gasteiger partial charge in [0.25, 0.3) is 0 Å². The summed E-state index contributed by atoms with van der Waals surface area (Å²) in [7, 11) is 0. The zero-order chi connectivity index (χ0) is 14.5. The fraction of sp³-hybridized carbons (Fsp3) is 0.500. The fourth-order valence-electron chi connectivity index (χ4n) is 2.32. The average molecular weight is 286 g/mol. The Morgan fingerprint density at radius 2 is 2.14 bits per heavy atom. The molecule has 0 unspecified atom stereocenters. The van der Waals surface area contributed by atoms with Crippen LogP contribution < -0.4 is 10.2 Å². The van der Waals surface area contributed by atoms with Crippen LogP contribution in [0.15, 0.2) is 35.2 Å². The van der Waals surface area contributed by atoms with Gasteiger partial charge in [0, 0.05) is 30.5 Å². The van der Waals surface area contributed by atoms with Gasteiger partial charge in [-0.3, -0.25) is 0 Å². The van der Waals surface area contributed by atoms with Crippen molar-refractivity contribution in [1.82, 2.24) is 15.3 Å². The maximum Gasteiger partial charge on any atom is 0.225 e. The van der Waals surface area contributed by atoms with E-state index >= 15 is 0 Å². The topological polar surface area (TPSA) is 54.2 Å². The summed E-state index contributed by atoms with van der Waals surface area (Å²) >= 11 is 0. The average Bonchev–Trinajstić information content (AvgIpc) is 3.23. The molecule has 3 rings (SSSR count). The van der Waals surface area contributed by atoms with Crippen LogP contribution in [0.2, 0.25) is 0 Å². The Morgan fingerprint density at radius 1 is 1.33 bits per heavy atom. The molecule has 0 radical (unpaired) electrons. The van der Waals surface area contributed by atoms with Crippen molar-refractivity contribution in [2.45, 2.75) is 45.3 Å². The molecule has 1 aliphatic carbocycles. The van der Waals surface area contributed by atoms with Gasteiger partial charge in [0.15, 0.2) is 0 Å². The lowest BCUT2D eigenvalue weighted by molar-refractivity contribution is 0.499. The highest BCUT2D eigenvalue weighted by molar-refractivity contribution is 5.34. The van der Waals surface area contributed by atoms with E-state index in [1.807, 2.05) is 24.5 Å². The van der Waals surface area contributed by atoms with E-state index in [0.717, 1.165) is 43.3 Å². The highest BCUT2D eigenvalue weighted by atomic mass is 16.3. The van der Waals surface area contributed by atoms with Crippen LogP contribution in [-0.2, 0) is 13.1 Å². The van der Waals surface area contributed by atoms with E-state index < -0.39 is 0 Å². The van der Waals surface area contributed by atoms with E-state index in [9.17, 15) is 0 Å². The molecule has 1 aliphatic rings. The van der Waals surface area contributed by atoms with Crippen LogP contribution in [0.3, 0.4) is 0 Å². The summed E-state index contributed by atoms with van der Waals surface area (Å²) in [6.07, 6.45) is 9.11. The van der Waals surface area contributed by atoms with Gasteiger partial charge >= 0.3 is 0 Å². The smallest absolute Gasteiger partial charge is 0.225 e. The lowest BCUT2D eigenvalue weighted by Gasteiger charge is -2.21. The maximum atomic E-state index is 5.45. The van der Waals surface area contributed by atoms with Crippen molar-refractivity contribution in [1.29, 1.82) is 0 Å². The number of nitrogens with one attached hydrogen (secondary N) is 1. The van der Waals surface area contributed by atoms with E-state index in [2.05, 4.69) is 27.1 Å². The molecule has 1 fully saturated rings. The minimum absolute atomic E-state index is 0.555. The number of rotatable bonds is 8. The Bertz CT molecular complexity index is 534. The lowest BCUT2D eigenvalue weighted by Crippen LogP contribution is -2.27. The Balaban J connectivity index is 1.65. The van der Waals surface area contributed by atoms with Crippen molar-refractivity contribution < 1.29 is 4.42 Å². The van der Waals surface area contributed by atoms with Crippen molar-refractivity contribution in [2.24, 2.45) is 0 Å². The summed E-state index contributed by atoms with van der Waals surface area (Å²) in [6.45, 7) is 4.75. The summed E-state index contributed by atoms with van der Waals surface area (Å²) in [4.78, 5) is 11.3. The number of nitrogens with zero attached hydrogens (tertiary/aromatic N) is 3. The van der Waals surface area contributed by atoms with E-state index in [0.29, 0.717) is 6.04 Å². The number of anilines is 1. The molecule has 0 saturated heterocycles. The highest BCUT2D eigenvalue weighted by Crippen LogP contribution is 2.31. The summed E-state index contributed by atoms with van der Waals surface area (Å²) in [5.41, 5.74) is 1.13. The maximum absolute atomic E-state index is 5.45. The summed E-state index contributed by atoms with van der Waals surface area (Å²) in [6, 6.07) is 4.47. The second-order valence-electron chi connectivity index (χ2n) is 5.51. The number of aromatic nitrogens is 2. The van der Waals surface area contributed by atoms with Crippen molar-refractivity contribution >= 4 is 5.95 Å². The first-order valence-corrected chi connectivity index (χ1v) is 7.67. The third-order valence-corrected chi connectivity index (χ3v) is 3.60. The fourth-order valence-corrected chi connectivity index (χ4v) is 2.32. The Morgan fingerprint density at radius 3 is 2.76 bits per heavy atom. The zero-order valence-corrected chi connectivity index (χ0v) is 12.5. The largest absolute Gasteiger partial charge is 0.467 e. The number of hydrogen-bond acceptors (Lipinski definition) is 5. The molecule has 0 bridgehead atoms. The van der Waals surface area contributed by atoms with Crippen LogP contribution in [0.1, 0.15) is 37.5 Å². The van der Waals surface area contributed by atoms with Crippen molar-refractivity contribution in [3.8, 4) is 0 Å². The van der Waals surface area contributed by atoms with E-state index in [-0.39, 0.29) is 0 Å². The summed E-state index contributed by atoms with van der Waals surface area (Å²) in [5.74, 6) is 1.76. The van der Waals surface area contributed by atoms with Gasteiger partial charge in [-0.2, -0.15) is 0 Å². The van der Waals surface area contributed by atoms with Crippen LogP contribution >= 0.6 is 0 Å². The van der Waals surface area contributed by atoms with Crippen LogP contribution in [-0.4, -0.2) is 22.6 Å².